The highest BCUT2D eigenvalue weighted by molar-refractivity contribution is 14.1. The van der Waals surface area contributed by atoms with Crippen LogP contribution in [0.2, 0.25) is 0 Å². The molecule has 0 amide bonds. The van der Waals surface area contributed by atoms with Crippen molar-refractivity contribution in [1.82, 2.24) is 0 Å². The predicted molar refractivity (Wildman–Crippen MR) is 142 cm³/mol. The molecule has 0 bridgehead atoms. The number of ether oxygens (including phenoxy) is 2. The molecular formula is C24H23IN4O6. The molecule has 0 unspecified atom stereocenters. The highest BCUT2D eigenvalue weighted by atomic mass is 127. The van der Waals surface area contributed by atoms with Crippen molar-refractivity contribution >= 4 is 45.9 Å². The Bertz CT molecular complexity index is 1270. The van der Waals surface area contributed by atoms with Gasteiger partial charge < -0.3 is 9.47 Å². The van der Waals surface area contributed by atoms with E-state index in [0.717, 1.165) is 26.3 Å². The fraction of sp³-hybridized carbons (Fsp3) is 0.208. The van der Waals surface area contributed by atoms with E-state index in [1.165, 1.54) is 18.3 Å². The average molecular weight is 590 g/mol. The van der Waals surface area contributed by atoms with Gasteiger partial charge in [0, 0.05) is 6.07 Å². The van der Waals surface area contributed by atoms with Crippen LogP contribution in [0.25, 0.3) is 0 Å². The van der Waals surface area contributed by atoms with Crippen LogP contribution in [0.3, 0.4) is 0 Å². The molecule has 3 aromatic carbocycles. The second-order valence-corrected chi connectivity index (χ2v) is 8.80. The number of anilines is 1. The van der Waals surface area contributed by atoms with Gasteiger partial charge in [0.1, 0.15) is 12.3 Å². The first-order valence-corrected chi connectivity index (χ1v) is 11.6. The highest BCUT2D eigenvalue weighted by Crippen LogP contribution is 2.35. The van der Waals surface area contributed by atoms with Crippen LogP contribution in [0.1, 0.15) is 29.2 Å². The lowest BCUT2D eigenvalue weighted by Crippen LogP contribution is -2.03. The lowest BCUT2D eigenvalue weighted by Gasteiger charge is -2.15. The minimum Gasteiger partial charge on any atom is -0.490 e. The van der Waals surface area contributed by atoms with Crippen LogP contribution in [-0.4, -0.2) is 22.7 Å². The summed E-state index contributed by atoms with van der Waals surface area (Å²) in [5, 5.41) is 26.3. The number of aryl methyl sites for hydroxylation is 2. The Hall–Kier alpha value is -3.74. The van der Waals surface area contributed by atoms with Crippen molar-refractivity contribution in [2.75, 3.05) is 12.0 Å². The van der Waals surface area contributed by atoms with Crippen molar-refractivity contribution in [3.05, 3.63) is 94.6 Å². The number of non-ortho nitro benzene ring substituents is 1. The molecule has 182 valence electrons. The molecule has 3 rings (SSSR count). The smallest absolute Gasteiger partial charge is 0.301 e. The number of nitrogens with one attached hydrogen (secondary N) is 1. The quantitative estimate of drug-likeness (QED) is 0.130. The van der Waals surface area contributed by atoms with E-state index in [-0.39, 0.29) is 11.4 Å². The van der Waals surface area contributed by atoms with Gasteiger partial charge in [-0.25, -0.2) is 0 Å². The van der Waals surface area contributed by atoms with Gasteiger partial charge in [0.2, 0.25) is 0 Å². The van der Waals surface area contributed by atoms with Gasteiger partial charge in [0.15, 0.2) is 11.5 Å². The summed E-state index contributed by atoms with van der Waals surface area (Å²) in [6.07, 6.45) is 1.48. The largest absolute Gasteiger partial charge is 0.490 e. The number of nitrogens with zero attached hydrogens (tertiary/aromatic N) is 3. The molecule has 10 nitrogen and oxygen atoms in total. The van der Waals surface area contributed by atoms with Crippen molar-refractivity contribution in [3.63, 3.8) is 0 Å². The summed E-state index contributed by atoms with van der Waals surface area (Å²) in [6, 6.07) is 13.2. The van der Waals surface area contributed by atoms with E-state index in [4.69, 9.17) is 9.47 Å². The number of rotatable bonds is 10. The molecule has 1 N–H and O–H groups in total. The van der Waals surface area contributed by atoms with Gasteiger partial charge in [-0.2, -0.15) is 5.10 Å². The number of benzene rings is 3. The number of halogens is 1. The van der Waals surface area contributed by atoms with E-state index in [2.05, 4.69) is 51.3 Å². The maximum absolute atomic E-state index is 11.3. The zero-order valence-electron chi connectivity index (χ0n) is 19.3. The topological polar surface area (TPSA) is 129 Å². The number of nitro benzene ring substituents is 2. The molecule has 0 atom stereocenters. The van der Waals surface area contributed by atoms with Crippen molar-refractivity contribution < 1.29 is 19.3 Å². The van der Waals surface area contributed by atoms with Crippen molar-refractivity contribution in [2.24, 2.45) is 5.10 Å². The molecule has 0 heterocycles. The molecule has 35 heavy (non-hydrogen) atoms. The van der Waals surface area contributed by atoms with Gasteiger partial charge >= 0.3 is 5.69 Å². The van der Waals surface area contributed by atoms with E-state index in [1.807, 2.05) is 26.8 Å². The molecule has 0 aliphatic carbocycles. The highest BCUT2D eigenvalue weighted by Gasteiger charge is 2.19. The van der Waals surface area contributed by atoms with Gasteiger partial charge in [-0.1, -0.05) is 29.3 Å². The van der Waals surface area contributed by atoms with Crippen LogP contribution in [0.15, 0.2) is 53.6 Å². The summed E-state index contributed by atoms with van der Waals surface area (Å²) in [5.74, 6) is 1.16. The van der Waals surface area contributed by atoms with Gasteiger partial charge in [0.05, 0.1) is 32.3 Å². The first kappa shape index (κ1) is 25.9. The monoisotopic (exact) mass is 590 g/mol. The molecule has 0 fully saturated rings. The van der Waals surface area contributed by atoms with E-state index >= 15 is 0 Å². The zero-order valence-corrected chi connectivity index (χ0v) is 21.4. The van der Waals surface area contributed by atoms with E-state index < -0.39 is 15.5 Å². The number of hydrogen-bond donors (Lipinski definition) is 1. The lowest BCUT2D eigenvalue weighted by molar-refractivity contribution is -0.393. The molecule has 0 spiro atoms. The van der Waals surface area contributed by atoms with Crippen LogP contribution in [0.5, 0.6) is 11.5 Å². The number of hydrazone groups is 1. The minimum absolute atomic E-state index is 0.0324. The molecule has 0 aromatic heterocycles. The summed E-state index contributed by atoms with van der Waals surface area (Å²) in [7, 11) is 0. The normalized spacial score (nSPS) is 10.9. The fourth-order valence-electron chi connectivity index (χ4n) is 3.43. The van der Waals surface area contributed by atoms with Gasteiger partial charge in [0.25, 0.3) is 5.69 Å². The molecule has 0 radical (unpaired) electrons. The SMILES string of the molecule is CCOc1cc(/C=N/Nc2ccc([N+](=O)[O-])cc2[N+](=O)[O-])cc(I)c1OCc1cc(C)cc(C)c1. The first-order valence-electron chi connectivity index (χ1n) is 10.6. The van der Waals surface area contributed by atoms with Crippen LogP contribution >= 0.6 is 22.6 Å². The van der Waals surface area contributed by atoms with Gasteiger partial charge in [-0.3, -0.25) is 25.7 Å². The molecule has 0 aliphatic rings. The van der Waals surface area contributed by atoms with Crippen molar-refractivity contribution in [1.29, 1.82) is 0 Å². The van der Waals surface area contributed by atoms with Crippen molar-refractivity contribution in [3.8, 4) is 11.5 Å². The lowest BCUT2D eigenvalue weighted by atomic mass is 10.1. The molecule has 0 saturated carbocycles. The first-order chi connectivity index (χ1) is 16.7. The Labute approximate surface area is 215 Å². The fourth-order valence-corrected chi connectivity index (χ4v) is 4.21. The van der Waals surface area contributed by atoms with Gasteiger partial charge in [-0.15, -0.1) is 0 Å². The Balaban J connectivity index is 1.80. The van der Waals surface area contributed by atoms with Crippen LogP contribution < -0.4 is 14.9 Å². The molecule has 3 aromatic rings. The molecule has 0 aliphatic heterocycles. The molecule has 0 saturated heterocycles. The Morgan fingerprint density at radius 3 is 2.34 bits per heavy atom. The number of nitro groups is 2. The van der Waals surface area contributed by atoms with Crippen LogP contribution in [-0.2, 0) is 6.61 Å². The summed E-state index contributed by atoms with van der Waals surface area (Å²) in [4.78, 5) is 20.8. The third-order valence-electron chi connectivity index (χ3n) is 4.78. The Morgan fingerprint density at radius 1 is 1.00 bits per heavy atom. The standard InChI is InChI=1S/C24H23IN4O6/c1-4-34-23-11-17(10-20(25)24(23)35-14-18-8-15(2)7-16(3)9-18)13-26-27-21-6-5-19(28(30)31)12-22(21)29(32)33/h5-13,27H,4,14H2,1-3H3/b26-13+. The summed E-state index contributed by atoms with van der Waals surface area (Å²) in [6.45, 7) is 6.77. The molecule has 11 heteroatoms. The third-order valence-corrected chi connectivity index (χ3v) is 5.59. The maximum atomic E-state index is 11.3. The van der Waals surface area contributed by atoms with E-state index in [0.29, 0.717) is 30.3 Å². The Kier molecular flexibility index (Phi) is 8.58. The summed E-state index contributed by atoms with van der Waals surface area (Å²) < 4.78 is 12.7. The summed E-state index contributed by atoms with van der Waals surface area (Å²) >= 11 is 2.15. The zero-order chi connectivity index (χ0) is 25.5. The van der Waals surface area contributed by atoms with Crippen LogP contribution in [0.4, 0.5) is 17.1 Å². The maximum Gasteiger partial charge on any atom is 0.301 e. The van der Waals surface area contributed by atoms with Crippen LogP contribution in [0, 0.1) is 37.6 Å². The summed E-state index contributed by atoms with van der Waals surface area (Å²) in [5.41, 5.74) is 5.85. The van der Waals surface area contributed by atoms with E-state index in [1.54, 1.807) is 6.07 Å². The Morgan fingerprint density at radius 2 is 1.71 bits per heavy atom. The van der Waals surface area contributed by atoms with Crippen molar-refractivity contribution in [2.45, 2.75) is 27.4 Å². The second-order valence-electron chi connectivity index (χ2n) is 7.63. The van der Waals surface area contributed by atoms with E-state index in [9.17, 15) is 20.2 Å². The molecular weight excluding hydrogens is 567 g/mol. The predicted octanol–water partition coefficient (Wildman–Crippen LogP) is 6.15. The number of hydrogen-bond acceptors (Lipinski definition) is 8. The van der Waals surface area contributed by atoms with Gasteiger partial charge in [-0.05, 0) is 72.7 Å². The third kappa shape index (κ3) is 6.88. The minimum atomic E-state index is -0.706. The second kappa shape index (κ2) is 11.6. The average Bonchev–Trinajstić information content (AvgIpc) is 2.78.